The first-order valence-electron chi connectivity index (χ1n) is 8.05. The van der Waals surface area contributed by atoms with Gasteiger partial charge in [0.05, 0.1) is 35.4 Å². The SMILES string of the molecule is Cc1csc(CNC(=O)c2cc(S(=O)(=O)N3CCOCC3)c(Cl)cc2Cl)n1. The number of nitrogens with zero attached hydrogens (tertiary/aromatic N) is 2. The van der Waals surface area contributed by atoms with Gasteiger partial charge in [-0.2, -0.15) is 4.31 Å². The molecule has 11 heteroatoms. The Hall–Kier alpha value is -1.23. The molecule has 1 saturated heterocycles. The molecule has 146 valence electrons. The molecule has 0 radical (unpaired) electrons. The maximum atomic E-state index is 12.9. The van der Waals surface area contributed by atoms with Gasteiger partial charge in [0.2, 0.25) is 10.0 Å². The van der Waals surface area contributed by atoms with Crippen molar-refractivity contribution in [2.75, 3.05) is 26.3 Å². The molecule has 1 N–H and O–H groups in total. The highest BCUT2D eigenvalue weighted by Crippen LogP contribution is 2.31. The lowest BCUT2D eigenvalue weighted by Gasteiger charge is -2.26. The molecule has 1 aromatic heterocycles. The van der Waals surface area contributed by atoms with Gasteiger partial charge in [0.25, 0.3) is 5.91 Å². The van der Waals surface area contributed by atoms with Crippen LogP contribution in [0.2, 0.25) is 10.0 Å². The zero-order chi connectivity index (χ0) is 19.6. The molecule has 1 aromatic carbocycles. The number of morpholine rings is 1. The standard InChI is InChI=1S/C16H17Cl2N3O4S2/c1-10-9-26-15(20-10)8-19-16(22)11-6-14(13(18)7-12(11)17)27(23,24)21-2-4-25-5-3-21/h6-7,9H,2-5,8H2,1H3,(H,19,22). The third kappa shape index (κ3) is 4.61. The molecule has 0 aliphatic carbocycles. The number of aryl methyl sites for hydroxylation is 1. The summed E-state index contributed by atoms with van der Waals surface area (Å²) in [5, 5.41) is 5.37. The third-order valence-corrected chi connectivity index (χ3v) is 7.56. The molecule has 0 unspecified atom stereocenters. The van der Waals surface area contributed by atoms with Crippen molar-refractivity contribution in [1.29, 1.82) is 0 Å². The summed E-state index contributed by atoms with van der Waals surface area (Å²) in [4.78, 5) is 16.6. The van der Waals surface area contributed by atoms with E-state index in [2.05, 4.69) is 10.3 Å². The third-order valence-electron chi connectivity index (χ3n) is 3.92. The van der Waals surface area contributed by atoms with E-state index in [0.717, 1.165) is 10.7 Å². The molecule has 0 spiro atoms. The summed E-state index contributed by atoms with van der Waals surface area (Å²) in [6, 6.07) is 2.50. The van der Waals surface area contributed by atoms with Gasteiger partial charge in [-0.25, -0.2) is 13.4 Å². The minimum absolute atomic E-state index is 0.0291. The van der Waals surface area contributed by atoms with Crippen LogP contribution in [0.15, 0.2) is 22.4 Å². The molecule has 1 fully saturated rings. The maximum Gasteiger partial charge on any atom is 0.253 e. The van der Waals surface area contributed by atoms with Crippen LogP contribution >= 0.6 is 34.5 Å². The number of ether oxygens (including phenoxy) is 1. The van der Waals surface area contributed by atoms with E-state index in [-0.39, 0.29) is 40.1 Å². The topological polar surface area (TPSA) is 88.6 Å². The largest absolute Gasteiger partial charge is 0.379 e. The number of nitrogens with one attached hydrogen (secondary N) is 1. The summed E-state index contributed by atoms with van der Waals surface area (Å²) < 4.78 is 32.2. The maximum absolute atomic E-state index is 12.9. The van der Waals surface area contributed by atoms with Crippen molar-refractivity contribution < 1.29 is 17.9 Å². The molecular weight excluding hydrogens is 433 g/mol. The summed E-state index contributed by atoms with van der Waals surface area (Å²) in [5.74, 6) is -0.497. The molecule has 2 heterocycles. The van der Waals surface area contributed by atoms with Gasteiger partial charge in [0.15, 0.2) is 0 Å². The second-order valence-corrected chi connectivity index (χ2v) is 9.51. The van der Waals surface area contributed by atoms with Gasteiger partial charge in [-0.05, 0) is 19.1 Å². The van der Waals surface area contributed by atoms with Crippen molar-refractivity contribution >= 4 is 50.5 Å². The molecule has 3 rings (SSSR count). The summed E-state index contributed by atoms with van der Waals surface area (Å²) in [7, 11) is -3.86. The van der Waals surface area contributed by atoms with Crippen LogP contribution in [0.3, 0.4) is 0 Å². The fourth-order valence-corrected chi connectivity index (χ4v) is 5.51. The van der Waals surface area contributed by atoms with Gasteiger partial charge < -0.3 is 10.1 Å². The number of hydrogen-bond acceptors (Lipinski definition) is 6. The Labute approximate surface area is 171 Å². The number of halogens is 2. The summed E-state index contributed by atoms with van der Waals surface area (Å²) in [5.41, 5.74) is 0.911. The second kappa shape index (κ2) is 8.42. The molecule has 2 aromatic rings. The molecular formula is C16H17Cl2N3O4S2. The van der Waals surface area contributed by atoms with Crippen LogP contribution in [0.25, 0.3) is 0 Å². The normalized spacial score (nSPS) is 15.7. The number of carbonyl (C=O) groups is 1. The molecule has 7 nitrogen and oxygen atoms in total. The van der Waals surface area contributed by atoms with Crippen LogP contribution in [-0.2, 0) is 21.3 Å². The summed E-state index contributed by atoms with van der Waals surface area (Å²) in [6.45, 7) is 3.16. The Bertz CT molecular complexity index is 957. The van der Waals surface area contributed by atoms with Crippen molar-refractivity contribution in [2.24, 2.45) is 0 Å². The number of benzene rings is 1. The van der Waals surface area contributed by atoms with Crippen molar-refractivity contribution in [1.82, 2.24) is 14.6 Å². The Morgan fingerprint density at radius 3 is 2.63 bits per heavy atom. The number of hydrogen-bond donors (Lipinski definition) is 1. The van der Waals surface area contributed by atoms with Crippen molar-refractivity contribution in [3.63, 3.8) is 0 Å². The lowest BCUT2D eigenvalue weighted by molar-refractivity contribution is 0.0730. The van der Waals surface area contributed by atoms with Crippen LogP contribution in [0.4, 0.5) is 0 Å². The van der Waals surface area contributed by atoms with Crippen molar-refractivity contribution in [2.45, 2.75) is 18.4 Å². The van der Waals surface area contributed by atoms with Gasteiger partial charge in [0.1, 0.15) is 9.90 Å². The van der Waals surface area contributed by atoms with E-state index in [4.69, 9.17) is 27.9 Å². The monoisotopic (exact) mass is 449 g/mol. The van der Waals surface area contributed by atoms with E-state index >= 15 is 0 Å². The highest BCUT2D eigenvalue weighted by atomic mass is 35.5. The Morgan fingerprint density at radius 2 is 2.00 bits per heavy atom. The fraction of sp³-hybridized carbons (Fsp3) is 0.375. The predicted octanol–water partition coefficient (Wildman–Crippen LogP) is 2.71. The first-order valence-corrected chi connectivity index (χ1v) is 11.1. The average molecular weight is 450 g/mol. The number of carbonyl (C=O) groups excluding carboxylic acids is 1. The first-order chi connectivity index (χ1) is 12.8. The van der Waals surface area contributed by atoms with Crippen molar-refractivity contribution in [3.05, 3.63) is 43.8 Å². The molecule has 1 aliphatic rings. The molecule has 27 heavy (non-hydrogen) atoms. The van der Waals surface area contributed by atoms with Crippen LogP contribution in [0.5, 0.6) is 0 Å². The van der Waals surface area contributed by atoms with Gasteiger partial charge in [-0.1, -0.05) is 23.2 Å². The molecule has 0 atom stereocenters. The van der Waals surface area contributed by atoms with E-state index in [9.17, 15) is 13.2 Å². The number of amides is 1. The fourth-order valence-electron chi connectivity index (χ4n) is 2.56. The number of sulfonamides is 1. The van der Waals surface area contributed by atoms with Crippen LogP contribution in [0, 0.1) is 6.92 Å². The van der Waals surface area contributed by atoms with E-state index < -0.39 is 15.9 Å². The Balaban J connectivity index is 1.85. The van der Waals surface area contributed by atoms with E-state index in [0.29, 0.717) is 13.2 Å². The Kier molecular flexibility index (Phi) is 6.39. The summed E-state index contributed by atoms with van der Waals surface area (Å²) in [6.07, 6.45) is 0. The van der Waals surface area contributed by atoms with Gasteiger partial charge in [0, 0.05) is 24.2 Å². The zero-order valence-corrected chi connectivity index (χ0v) is 17.5. The highest BCUT2D eigenvalue weighted by Gasteiger charge is 2.30. The molecule has 1 aliphatic heterocycles. The minimum Gasteiger partial charge on any atom is -0.379 e. The van der Waals surface area contributed by atoms with E-state index in [1.807, 2.05) is 12.3 Å². The lowest BCUT2D eigenvalue weighted by Crippen LogP contribution is -2.40. The van der Waals surface area contributed by atoms with E-state index in [1.54, 1.807) is 0 Å². The first kappa shape index (κ1) is 20.5. The zero-order valence-electron chi connectivity index (χ0n) is 14.4. The lowest BCUT2D eigenvalue weighted by atomic mass is 10.2. The van der Waals surface area contributed by atoms with Crippen molar-refractivity contribution in [3.8, 4) is 0 Å². The number of aromatic nitrogens is 1. The van der Waals surface area contributed by atoms with Gasteiger partial charge in [-0.15, -0.1) is 11.3 Å². The minimum atomic E-state index is -3.86. The van der Waals surface area contributed by atoms with E-state index in [1.165, 1.54) is 27.8 Å². The highest BCUT2D eigenvalue weighted by molar-refractivity contribution is 7.89. The summed E-state index contributed by atoms with van der Waals surface area (Å²) >= 11 is 13.7. The molecule has 0 bridgehead atoms. The average Bonchev–Trinajstić information content (AvgIpc) is 3.05. The predicted molar refractivity (Wildman–Crippen MR) is 104 cm³/mol. The second-order valence-electron chi connectivity index (χ2n) is 5.84. The Morgan fingerprint density at radius 1 is 1.30 bits per heavy atom. The number of rotatable bonds is 5. The number of thiazole rings is 1. The smallest absolute Gasteiger partial charge is 0.253 e. The molecule has 1 amide bonds. The van der Waals surface area contributed by atoms with Gasteiger partial charge in [-0.3, -0.25) is 4.79 Å². The van der Waals surface area contributed by atoms with Gasteiger partial charge >= 0.3 is 0 Å². The van der Waals surface area contributed by atoms with Crippen LogP contribution < -0.4 is 5.32 Å². The van der Waals surface area contributed by atoms with Crippen LogP contribution in [0.1, 0.15) is 21.1 Å². The molecule has 0 saturated carbocycles. The quantitative estimate of drug-likeness (QED) is 0.757. The van der Waals surface area contributed by atoms with Crippen LogP contribution in [-0.4, -0.2) is 49.9 Å².